The van der Waals surface area contributed by atoms with Gasteiger partial charge in [0.2, 0.25) is 5.91 Å². The molecule has 2 rings (SSSR count). The van der Waals surface area contributed by atoms with Crippen molar-refractivity contribution in [3.05, 3.63) is 54.1 Å². The molecule has 0 fully saturated rings. The fourth-order valence-corrected chi connectivity index (χ4v) is 2.30. The quantitative estimate of drug-likeness (QED) is 0.484. The molecule has 2 amide bonds. The molecule has 2 N–H and O–H groups in total. The van der Waals surface area contributed by atoms with Crippen molar-refractivity contribution in [2.75, 3.05) is 20.3 Å². The molecule has 0 saturated heterocycles. The normalized spacial score (nSPS) is 10.1. The van der Waals surface area contributed by atoms with Crippen LogP contribution >= 0.6 is 0 Å². The number of hydrazine groups is 1. The molecule has 150 valence electrons. The Morgan fingerprint density at radius 3 is 2.04 bits per heavy atom. The molecule has 0 aliphatic rings. The SMILES string of the molecule is CCc1ccc(OCC(=O)NNC(=O)CCCOc2ccc(OC)cc2)cc1. The molecule has 0 radical (unpaired) electrons. The fourth-order valence-electron chi connectivity index (χ4n) is 2.30. The lowest BCUT2D eigenvalue weighted by atomic mass is 10.2. The molecule has 7 heteroatoms. The van der Waals surface area contributed by atoms with Crippen LogP contribution in [0.5, 0.6) is 17.2 Å². The summed E-state index contributed by atoms with van der Waals surface area (Å²) in [5.41, 5.74) is 5.88. The summed E-state index contributed by atoms with van der Waals surface area (Å²) in [7, 11) is 1.60. The Morgan fingerprint density at radius 1 is 0.821 bits per heavy atom. The summed E-state index contributed by atoms with van der Waals surface area (Å²) >= 11 is 0. The van der Waals surface area contributed by atoms with Crippen molar-refractivity contribution >= 4 is 11.8 Å². The molecule has 2 aromatic rings. The summed E-state index contributed by atoms with van der Waals surface area (Å²) in [6, 6.07) is 14.7. The minimum Gasteiger partial charge on any atom is -0.497 e. The molecule has 0 spiro atoms. The van der Waals surface area contributed by atoms with Crippen LogP contribution in [0.15, 0.2) is 48.5 Å². The predicted octanol–water partition coefficient (Wildman–Crippen LogP) is 2.64. The summed E-state index contributed by atoms with van der Waals surface area (Å²) in [6.07, 6.45) is 1.70. The van der Waals surface area contributed by atoms with Crippen LogP contribution in [-0.2, 0) is 16.0 Å². The number of aryl methyl sites for hydroxylation is 1. The zero-order valence-electron chi connectivity index (χ0n) is 16.2. The Labute approximate surface area is 165 Å². The van der Waals surface area contributed by atoms with E-state index in [0.717, 1.165) is 12.2 Å². The lowest BCUT2D eigenvalue weighted by Gasteiger charge is -2.10. The second-order valence-electron chi connectivity index (χ2n) is 6.01. The van der Waals surface area contributed by atoms with Crippen LogP contribution in [0.4, 0.5) is 0 Å². The van der Waals surface area contributed by atoms with Crippen molar-refractivity contribution in [3.63, 3.8) is 0 Å². The zero-order valence-corrected chi connectivity index (χ0v) is 16.2. The van der Waals surface area contributed by atoms with Crippen LogP contribution in [0.1, 0.15) is 25.3 Å². The summed E-state index contributed by atoms with van der Waals surface area (Å²) in [5, 5.41) is 0. The number of amides is 2. The molecule has 28 heavy (non-hydrogen) atoms. The van der Waals surface area contributed by atoms with Gasteiger partial charge in [0.25, 0.3) is 5.91 Å². The van der Waals surface area contributed by atoms with Crippen molar-refractivity contribution in [3.8, 4) is 17.2 Å². The number of carbonyl (C=O) groups is 2. The van der Waals surface area contributed by atoms with Crippen LogP contribution < -0.4 is 25.1 Å². The maximum absolute atomic E-state index is 11.7. The molecular formula is C21H26N2O5. The van der Waals surface area contributed by atoms with E-state index in [9.17, 15) is 9.59 Å². The van der Waals surface area contributed by atoms with Gasteiger partial charge < -0.3 is 14.2 Å². The van der Waals surface area contributed by atoms with E-state index in [2.05, 4.69) is 17.8 Å². The van der Waals surface area contributed by atoms with E-state index in [1.807, 2.05) is 24.3 Å². The number of rotatable bonds is 10. The molecule has 0 unspecified atom stereocenters. The van der Waals surface area contributed by atoms with E-state index in [1.54, 1.807) is 31.4 Å². The highest BCUT2D eigenvalue weighted by molar-refractivity contribution is 5.82. The van der Waals surface area contributed by atoms with Crippen molar-refractivity contribution in [2.24, 2.45) is 0 Å². The molecule has 0 aliphatic heterocycles. The number of ether oxygens (including phenoxy) is 3. The second kappa shape index (κ2) is 11.5. The highest BCUT2D eigenvalue weighted by Gasteiger charge is 2.06. The van der Waals surface area contributed by atoms with E-state index < -0.39 is 5.91 Å². The van der Waals surface area contributed by atoms with Gasteiger partial charge in [-0.3, -0.25) is 20.4 Å². The number of nitrogens with one attached hydrogen (secondary N) is 2. The smallest absolute Gasteiger partial charge is 0.276 e. The van der Waals surface area contributed by atoms with E-state index in [0.29, 0.717) is 24.5 Å². The minimum absolute atomic E-state index is 0.174. The van der Waals surface area contributed by atoms with Gasteiger partial charge in [0.05, 0.1) is 13.7 Å². The van der Waals surface area contributed by atoms with Crippen LogP contribution in [0.25, 0.3) is 0 Å². The average Bonchev–Trinajstić information content (AvgIpc) is 2.74. The van der Waals surface area contributed by atoms with Gasteiger partial charge in [-0.15, -0.1) is 0 Å². The summed E-state index contributed by atoms with van der Waals surface area (Å²) in [5.74, 6) is 1.35. The van der Waals surface area contributed by atoms with Crippen molar-refractivity contribution in [2.45, 2.75) is 26.2 Å². The predicted molar refractivity (Wildman–Crippen MR) is 105 cm³/mol. The van der Waals surface area contributed by atoms with E-state index in [1.165, 1.54) is 5.56 Å². The first-order valence-electron chi connectivity index (χ1n) is 9.17. The molecule has 0 atom stereocenters. The van der Waals surface area contributed by atoms with Gasteiger partial charge in [0.15, 0.2) is 6.61 Å². The highest BCUT2D eigenvalue weighted by Crippen LogP contribution is 2.17. The molecule has 7 nitrogen and oxygen atoms in total. The van der Waals surface area contributed by atoms with Gasteiger partial charge in [-0.25, -0.2) is 0 Å². The Morgan fingerprint density at radius 2 is 1.39 bits per heavy atom. The molecule has 0 aromatic heterocycles. The van der Waals surface area contributed by atoms with E-state index in [4.69, 9.17) is 14.2 Å². The first-order valence-corrected chi connectivity index (χ1v) is 9.17. The largest absolute Gasteiger partial charge is 0.497 e. The third kappa shape index (κ3) is 7.57. The minimum atomic E-state index is -0.428. The Hall–Kier alpha value is -3.22. The van der Waals surface area contributed by atoms with Gasteiger partial charge in [0.1, 0.15) is 17.2 Å². The second-order valence-corrected chi connectivity index (χ2v) is 6.01. The fraction of sp³-hybridized carbons (Fsp3) is 0.333. The lowest BCUT2D eigenvalue weighted by Crippen LogP contribution is -2.43. The lowest BCUT2D eigenvalue weighted by molar-refractivity contribution is -0.130. The Kier molecular flexibility index (Phi) is 8.65. The Balaban J connectivity index is 1.56. The first kappa shape index (κ1) is 21.1. The standard InChI is InChI=1S/C21H26N2O5/c1-3-16-6-8-19(9-7-16)28-15-21(25)23-22-20(24)5-4-14-27-18-12-10-17(26-2)11-13-18/h6-13H,3-5,14-15H2,1-2H3,(H,22,24)(H,23,25). The number of benzene rings is 2. The number of hydrogen-bond acceptors (Lipinski definition) is 5. The van der Waals surface area contributed by atoms with Gasteiger partial charge in [-0.05, 0) is 54.8 Å². The molecule has 0 bridgehead atoms. The van der Waals surface area contributed by atoms with Crippen LogP contribution in [0, 0.1) is 0 Å². The molecule has 0 saturated carbocycles. The maximum Gasteiger partial charge on any atom is 0.276 e. The van der Waals surface area contributed by atoms with Crippen molar-refractivity contribution < 1.29 is 23.8 Å². The van der Waals surface area contributed by atoms with Gasteiger partial charge in [-0.1, -0.05) is 19.1 Å². The topological polar surface area (TPSA) is 85.9 Å². The third-order valence-corrected chi connectivity index (χ3v) is 3.92. The summed E-state index contributed by atoms with van der Waals surface area (Å²) in [4.78, 5) is 23.5. The van der Waals surface area contributed by atoms with Crippen LogP contribution in [0.2, 0.25) is 0 Å². The first-order chi connectivity index (χ1) is 13.6. The van der Waals surface area contributed by atoms with Gasteiger partial charge in [-0.2, -0.15) is 0 Å². The average molecular weight is 386 g/mol. The number of hydrogen-bond donors (Lipinski definition) is 2. The van der Waals surface area contributed by atoms with Gasteiger partial charge in [0, 0.05) is 6.42 Å². The van der Waals surface area contributed by atoms with Crippen molar-refractivity contribution in [1.82, 2.24) is 10.9 Å². The molecule has 2 aromatic carbocycles. The zero-order chi connectivity index (χ0) is 20.2. The van der Waals surface area contributed by atoms with E-state index >= 15 is 0 Å². The molecular weight excluding hydrogens is 360 g/mol. The van der Waals surface area contributed by atoms with E-state index in [-0.39, 0.29) is 18.9 Å². The highest BCUT2D eigenvalue weighted by atomic mass is 16.5. The summed E-state index contributed by atoms with van der Waals surface area (Å²) in [6.45, 7) is 2.29. The van der Waals surface area contributed by atoms with Crippen LogP contribution in [0.3, 0.4) is 0 Å². The van der Waals surface area contributed by atoms with Crippen molar-refractivity contribution in [1.29, 1.82) is 0 Å². The number of carbonyl (C=O) groups excluding carboxylic acids is 2. The Bertz CT molecular complexity index is 744. The summed E-state index contributed by atoms with van der Waals surface area (Å²) < 4.78 is 16.0. The molecule has 0 heterocycles. The monoisotopic (exact) mass is 386 g/mol. The maximum atomic E-state index is 11.7. The van der Waals surface area contributed by atoms with Gasteiger partial charge >= 0.3 is 0 Å². The molecule has 0 aliphatic carbocycles. The van der Waals surface area contributed by atoms with Crippen LogP contribution in [-0.4, -0.2) is 32.1 Å². The third-order valence-electron chi connectivity index (χ3n) is 3.92. The number of methoxy groups -OCH3 is 1.